The van der Waals surface area contributed by atoms with Gasteiger partial charge in [0, 0.05) is 17.5 Å². The van der Waals surface area contributed by atoms with E-state index in [1.165, 1.54) is 0 Å². The summed E-state index contributed by atoms with van der Waals surface area (Å²) in [4.78, 5) is 27.3. The summed E-state index contributed by atoms with van der Waals surface area (Å²) in [6, 6.07) is 9.16. The van der Waals surface area contributed by atoms with Crippen molar-refractivity contribution in [2.45, 2.75) is 64.9 Å². The van der Waals surface area contributed by atoms with Crippen LogP contribution in [-0.4, -0.2) is 33.2 Å². The molecule has 2 heterocycles. The molecule has 186 valence electrons. The van der Waals surface area contributed by atoms with E-state index in [-0.39, 0.29) is 47.1 Å². The highest BCUT2D eigenvalue weighted by Gasteiger charge is 2.40. The molecule has 2 aromatic carbocycles. The third kappa shape index (κ3) is 5.07. The maximum atomic E-state index is 13.2. The summed E-state index contributed by atoms with van der Waals surface area (Å²) < 4.78 is 12.3. The number of carbonyl (C=O) groups is 1. The number of fused-ring (bicyclic) bond motifs is 1. The number of benzene rings is 2. The number of carbonyl (C=O) groups excluding carboxylic acids is 1. The van der Waals surface area contributed by atoms with Gasteiger partial charge in [0.15, 0.2) is 5.78 Å². The average molecular weight is 498 g/mol. The number of ketones is 1. The number of aromatic nitrogens is 1. The highest BCUT2D eigenvalue weighted by molar-refractivity contribution is 7.09. The van der Waals surface area contributed by atoms with Gasteiger partial charge in [0.2, 0.25) is 5.88 Å². The first-order valence-corrected chi connectivity index (χ1v) is 12.5. The molecule has 4 rings (SSSR count). The second-order valence-corrected chi connectivity index (χ2v) is 11.0. The predicted molar refractivity (Wildman–Crippen MR) is 136 cm³/mol. The molecule has 0 spiro atoms. The Balaban J connectivity index is 1.51. The Morgan fingerprint density at radius 2 is 1.80 bits per heavy atom. The van der Waals surface area contributed by atoms with E-state index in [0.29, 0.717) is 33.9 Å². The summed E-state index contributed by atoms with van der Waals surface area (Å²) in [5.74, 6) is 1.20. The van der Waals surface area contributed by atoms with Gasteiger partial charge >= 0.3 is 4.87 Å². The molecule has 0 saturated heterocycles. The van der Waals surface area contributed by atoms with Gasteiger partial charge in [-0.1, -0.05) is 51.2 Å². The lowest BCUT2D eigenvalue weighted by molar-refractivity contribution is 0.0186. The lowest BCUT2D eigenvalue weighted by Gasteiger charge is -2.36. The van der Waals surface area contributed by atoms with Crippen LogP contribution < -0.4 is 14.3 Å². The highest BCUT2D eigenvalue weighted by Crippen LogP contribution is 2.45. The third-order valence-corrected chi connectivity index (χ3v) is 7.10. The molecule has 1 aromatic heterocycles. The smallest absolute Gasteiger partial charge is 0.307 e. The van der Waals surface area contributed by atoms with E-state index >= 15 is 0 Å². The molecule has 3 aromatic rings. The number of hydrogen-bond donors (Lipinski definition) is 3. The van der Waals surface area contributed by atoms with E-state index in [9.17, 15) is 19.8 Å². The van der Waals surface area contributed by atoms with Crippen LogP contribution in [0.25, 0.3) is 0 Å². The first-order valence-electron chi connectivity index (χ1n) is 11.7. The topological polar surface area (TPSA) is 109 Å². The molecule has 0 fully saturated rings. The van der Waals surface area contributed by atoms with Crippen LogP contribution in [0.3, 0.4) is 0 Å². The Labute approximate surface area is 208 Å². The minimum atomic E-state index is -0.856. The molecule has 0 amide bonds. The number of phenolic OH excluding ortho intramolecular Hbond substituents is 1. The predicted octanol–water partition coefficient (Wildman–Crippen LogP) is 5.49. The van der Waals surface area contributed by atoms with E-state index < -0.39 is 5.60 Å². The van der Waals surface area contributed by atoms with Gasteiger partial charge in [-0.2, -0.15) is 0 Å². The van der Waals surface area contributed by atoms with E-state index in [1.807, 2.05) is 58.9 Å². The lowest BCUT2D eigenvalue weighted by atomic mass is 9.83. The quantitative estimate of drug-likeness (QED) is 0.398. The molecule has 0 radical (unpaired) electrons. The Hall–Kier alpha value is -3.26. The fraction of sp³-hybridized carbons (Fsp3) is 0.407. The van der Waals surface area contributed by atoms with Gasteiger partial charge in [-0.15, -0.1) is 0 Å². The number of aromatic amines is 1. The average Bonchev–Trinajstić information content (AvgIpc) is 3.09. The van der Waals surface area contributed by atoms with Gasteiger partial charge < -0.3 is 19.7 Å². The monoisotopic (exact) mass is 497 g/mol. The van der Waals surface area contributed by atoms with Gasteiger partial charge in [0.1, 0.15) is 29.5 Å². The summed E-state index contributed by atoms with van der Waals surface area (Å²) >= 11 is 0.986. The second-order valence-electron chi connectivity index (χ2n) is 9.96. The highest BCUT2D eigenvalue weighted by atomic mass is 32.1. The summed E-state index contributed by atoms with van der Waals surface area (Å²) in [6.07, 6.45) is 0.578. The van der Waals surface area contributed by atoms with Crippen molar-refractivity contribution < 1.29 is 24.5 Å². The van der Waals surface area contributed by atoms with Crippen LogP contribution in [0, 0.1) is 0 Å². The Morgan fingerprint density at radius 1 is 1.11 bits per heavy atom. The van der Waals surface area contributed by atoms with Gasteiger partial charge in [0.05, 0.1) is 16.9 Å². The molecule has 1 unspecified atom stereocenters. The van der Waals surface area contributed by atoms with Crippen LogP contribution in [-0.2, 0) is 6.42 Å². The molecular weight excluding hydrogens is 466 g/mol. The lowest BCUT2D eigenvalue weighted by Crippen LogP contribution is -2.44. The number of nitrogens with one attached hydrogen (secondary N) is 1. The fourth-order valence-electron chi connectivity index (χ4n) is 4.47. The Bertz CT molecular complexity index is 1300. The second kappa shape index (κ2) is 9.41. The molecule has 3 N–H and O–H groups in total. The number of Topliss-reactive ketones (excluding diaryl/α,β-unsaturated/α-hetero) is 1. The number of rotatable bonds is 7. The van der Waals surface area contributed by atoms with Crippen molar-refractivity contribution in [3.05, 3.63) is 67.1 Å². The van der Waals surface area contributed by atoms with Crippen LogP contribution in [0.2, 0.25) is 0 Å². The number of aromatic hydroxyl groups is 2. The molecule has 7 nitrogen and oxygen atoms in total. The van der Waals surface area contributed by atoms with Crippen LogP contribution >= 0.6 is 11.3 Å². The Morgan fingerprint density at radius 3 is 2.37 bits per heavy atom. The van der Waals surface area contributed by atoms with Crippen molar-refractivity contribution in [2.75, 3.05) is 6.61 Å². The van der Waals surface area contributed by atoms with E-state index in [4.69, 9.17) is 9.47 Å². The molecule has 0 saturated carbocycles. The van der Waals surface area contributed by atoms with Crippen molar-refractivity contribution in [1.29, 1.82) is 0 Å². The van der Waals surface area contributed by atoms with Gasteiger partial charge in [-0.3, -0.25) is 14.6 Å². The van der Waals surface area contributed by atoms with Crippen molar-refractivity contribution in [2.24, 2.45) is 0 Å². The molecule has 0 aliphatic carbocycles. The molecule has 8 heteroatoms. The summed E-state index contributed by atoms with van der Waals surface area (Å²) in [7, 11) is 0. The zero-order chi connectivity index (χ0) is 25.5. The maximum absolute atomic E-state index is 13.2. The summed E-state index contributed by atoms with van der Waals surface area (Å²) in [5, 5.41) is 20.6. The SMILES string of the molecule is CC(C)c1cc2c(c(C(C)C)c1O)C(=O)CC(C)(COc1ccc(Cc3sc(=O)[nH]c3O)cc1)O2. The maximum Gasteiger partial charge on any atom is 0.307 e. The van der Waals surface area contributed by atoms with Crippen LogP contribution in [0.5, 0.6) is 23.1 Å². The number of thiazole rings is 1. The van der Waals surface area contributed by atoms with Gasteiger partial charge in [0.25, 0.3) is 0 Å². The number of hydrogen-bond acceptors (Lipinski definition) is 7. The molecule has 1 aliphatic rings. The zero-order valence-corrected chi connectivity index (χ0v) is 21.4. The molecule has 35 heavy (non-hydrogen) atoms. The van der Waals surface area contributed by atoms with Crippen molar-refractivity contribution in [3.8, 4) is 23.1 Å². The zero-order valence-electron chi connectivity index (χ0n) is 20.6. The van der Waals surface area contributed by atoms with Gasteiger partial charge in [-0.25, -0.2) is 0 Å². The van der Waals surface area contributed by atoms with Crippen LogP contribution in [0.4, 0.5) is 0 Å². The van der Waals surface area contributed by atoms with Crippen molar-refractivity contribution in [1.82, 2.24) is 4.98 Å². The minimum Gasteiger partial charge on any atom is -0.507 e. The third-order valence-electron chi connectivity index (χ3n) is 6.23. The van der Waals surface area contributed by atoms with E-state index in [1.54, 1.807) is 6.07 Å². The number of H-pyrrole nitrogens is 1. The van der Waals surface area contributed by atoms with Crippen LogP contribution in [0.1, 0.15) is 84.8 Å². The first kappa shape index (κ1) is 24.9. The molecule has 1 atom stereocenters. The molecular formula is C27H31NO6S. The van der Waals surface area contributed by atoms with E-state index in [2.05, 4.69) is 4.98 Å². The van der Waals surface area contributed by atoms with Crippen molar-refractivity contribution >= 4 is 17.1 Å². The normalized spacial score (nSPS) is 17.5. The molecule has 0 bridgehead atoms. The number of ether oxygens (including phenoxy) is 2. The van der Waals surface area contributed by atoms with Crippen molar-refractivity contribution in [3.63, 3.8) is 0 Å². The van der Waals surface area contributed by atoms with Gasteiger partial charge in [-0.05, 0) is 42.5 Å². The van der Waals surface area contributed by atoms with E-state index in [0.717, 1.165) is 22.5 Å². The molecule has 1 aliphatic heterocycles. The van der Waals surface area contributed by atoms with Crippen LogP contribution in [0.15, 0.2) is 35.1 Å². The fourth-order valence-corrected chi connectivity index (χ4v) is 5.22. The Kier molecular flexibility index (Phi) is 6.68. The number of phenols is 1. The standard InChI is InChI=1S/C27H31NO6S/c1-14(2)18-11-20-23(22(15(3)4)24(18)30)19(29)12-27(5,34-20)13-33-17-8-6-16(7-9-17)10-21-25(31)28-26(32)35-21/h6-9,11,14-15,30-31H,10,12-13H2,1-5H3,(H,28,32). The minimum absolute atomic E-state index is 0.0247. The largest absolute Gasteiger partial charge is 0.507 e. The summed E-state index contributed by atoms with van der Waals surface area (Å²) in [6.45, 7) is 9.96. The first-order chi connectivity index (χ1) is 16.5. The summed E-state index contributed by atoms with van der Waals surface area (Å²) in [5.41, 5.74) is 1.95.